The Morgan fingerprint density at radius 1 is 1.32 bits per heavy atom. The van der Waals surface area contributed by atoms with Crippen molar-refractivity contribution in [2.45, 2.75) is 19.2 Å². The minimum absolute atomic E-state index is 0.170. The van der Waals surface area contributed by atoms with E-state index in [1.807, 2.05) is 0 Å². The van der Waals surface area contributed by atoms with E-state index in [1.165, 1.54) is 0 Å². The Kier molecular flexibility index (Phi) is 5.81. The number of hydrogen-bond donors (Lipinski definition) is 1. The molecule has 0 aliphatic carbocycles. The van der Waals surface area contributed by atoms with Crippen LogP contribution in [0.1, 0.15) is 12.0 Å². The Bertz CT molecular complexity index is 417. The Morgan fingerprint density at radius 2 is 1.89 bits per heavy atom. The van der Waals surface area contributed by atoms with Gasteiger partial charge in [-0.25, -0.2) is 0 Å². The minimum atomic E-state index is -4.72. The van der Waals surface area contributed by atoms with Gasteiger partial charge in [0.05, 0.1) is 12.5 Å². The van der Waals surface area contributed by atoms with Gasteiger partial charge in [-0.3, -0.25) is 9.53 Å². The third-order valence-corrected chi connectivity index (χ3v) is 3.01. The highest BCUT2D eigenvalue weighted by Crippen LogP contribution is 2.20. The number of benzene rings is 1. The van der Waals surface area contributed by atoms with Crippen LogP contribution >= 0.6 is 15.9 Å². The highest BCUT2D eigenvalue weighted by atomic mass is 79.9. The fourth-order valence-corrected chi connectivity index (χ4v) is 1.80. The molecule has 1 atom stereocenters. The number of rotatable bonds is 6. The van der Waals surface area contributed by atoms with Crippen molar-refractivity contribution in [1.29, 1.82) is 0 Å². The maximum Gasteiger partial charge on any atom is 0.522 e. The van der Waals surface area contributed by atoms with Gasteiger partial charge in [0.15, 0.2) is 0 Å². The summed E-state index contributed by atoms with van der Waals surface area (Å²) in [5.41, 5.74) is 0.752. The largest absolute Gasteiger partial charge is 0.522 e. The summed E-state index contributed by atoms with van der Waals surface area (Å²) in [6.45, 7) is -0.656. The van der Waals surface area contributed by atoms with Gasteiger partial charge in [0.25, 0.3) is 0 Å². The lowest BCUT2D eigenvalue weighted by Crippen LogP contribution is -2.21. The average molecular weight is 341 g/mol. The SMILES string of the molecule is O=C(O)C(CCOC(F)(F)F)Cc1ccc(Br)cc1. The van der Waals surface area contributed by atoms with Gasteiger partial charge in [-0.2, -0.15) is 0 Å². The molecule has 0 saturated carbocycles. The zero-order chi connectivity index (χ0) is 14.5. The van der Waals surface area contributed by atoms with Crippen LogP contribution in [0.15, 0.2) is 28.7 Å². The van der Waals surface area contributed by atoms with E-state index >= 15 is 0 Å². The highest BCUT2D eigenvalue weighted by Gasteiger charge is 2.30. The van der Waals surface area contributed by atoms with Crippen LogP contribution in [0, 0.1) is 5.92 Å². The van der Waals surface area contributed by atoms with Crippen LogP contribution in [0.3, 0.4) is 0 Å². The monoisotopic (exact) mass is 340 g/mol. The smallest absolute Gasteiger partial charge is 0.481 e. The molecule has 0 aliphatic heterocycles. The van der Waals surface area contributed by atoms with E-state index in [0.717, 1.165) is 10.0 Å². The zero-order valence-corrected chi connectivity index (χ0v) is 11.4. The number of ether oxygens (including phenoxy) is 1. The fourth-order valence-electron chi connectivity index (χ4n) is 1.53. The van der Waals surface area contributed by atoms with Crippen LogP contribution in [-0.2, 0) is 16.0 Å². The molecule has 0 spiro atoms. The molecule has 1 unspecified atom stereocenters. The van der Waals surface area contributed by atoms with Gasteiger partial charge in [-0.15, -0.1) is 13.2 Å². The lowest BCUT2D eigenvalue weighted by molar-refractivity contribution is -0.325. The van der Waals surface area contributed by atoms with Gasteiger partial charge in [0.2, 0.25) is 0 Å². The Morgan fingerprint density at radius 3 is 2.37 bits per heavy atom. The van der Waals surface area contributed by atoms with Crippen molar-refractivity contribution in [2.24, 2.45) is 5.92 Å². The topological polar surface area (TPSA) is 46.5 Å². The first kappa shape index (κ1) is 16.0. The van der Waals surface area contributed by atoms with Crippen molar-refractivity contribution < 1.29 is 27.8 Å². The summed E-state index contributed by atoms with van der Waals surface area (Å²) in [6, 6.07) is 6.95. The van der Waals surface area contributed by atoms with Crippen molar-refractivity contribution in [2.75, 3.05) is 6.61 Å². The lowest BCUT2D eigenvalue weighted by Gasteiger charge is -2.13. The van der Waals surface area contributed by atoms with E-state index < -0.39 is 24.9 Å². The first-order valence-electron chi connectivity index (χ1n) is 5.46. The van der Waals surface area contributed by atoms with Crippen molar-refractivity contribution in [3.05, 3.63) is 34.3 Å². The molecule has 0 aromatic heterocycles. The highest BCUT2D eigenvalue weighted by molar-refractivity contribution is 9.10. The summed E-state index contributed by atoms with van der Waals surface area (Å²) in [5, 5.41) is 8.97. The number of hydrogen-bond acceptors (Lipinski definition) is 2. The quantitative estimate of drug-likeness (QED) is 0.860. The van der Waals surface area contributed by atoms with Crippen LogP contribution in [0.5, 0.6) is 0 Å². The Hall–Kier alpha value is -1.08. The first-order valence-corrected chi connectivity index (χ1v) is 6.25. The molecular formula is C12H12BrF3O3. The molecule has 106 valence electrons. The number of carboxylic acid groups (broad SMARTS) is 1. The second-order valence-electron chi connectivity index (χ2n) is 3.95. The van der Waals surface area contributed by atoms with E-state index in [2.05, 4.69) is 20.7 Å². The lowest BCUT2D eigenvalue weighted by atomic mass is 9.97. The fraction of sp³-hybridized carbons (Fsp3) is 0.417. The van der Waals surface area contributed by atoms with Gasteiger partial charge in [0.1, 0.15) is 0 Å². The number of aliphatic carboxylic acids is 1. The molecule has 7 heteroatoms. The number of alkyl halides is 3. The molecule has 19 heavy (non-hydrogen) atoms. The van der Waals surface area contributed by atoms with E-state index in [1.54, 1.807) is 24.3 Å². The molecule has 1 rings (SSSR count). The number of carbonyl (C=O) groups is 1. The third-order valence-electron chi connectivity index (χ3n) is 2.48. The summed E-state index contributed by atoms with van der Waals surface area (Å²) in [5.74, 6) is -2.03. The van der Waals surface area contributed by atoms with E-state index in [4.69, 9.17) is 5.11 Å². The van der Waals surface area contributed by atoms with Crippen LogP contribution in [0.4, 0.5) is 13.2 Å². The van der Waals surface area contributed by atoms with Crippen molar-refractivity contribution >= 4 is 21.9 Å². The minimum Gasteiger partial charge on any atom is -0.481 e. The molecule has 0 aliphatic rings. The van der Waals surface area contributed by atoms with Gasteiger partial charge in [-0.05, 0) is 30.5 Å². The van der Waals surface area contributed by atoms with Crippen LogP contribution in [0.2, 0.25) is 0 Å². The molecule has 1 N–H and O–H groups in total. The molecule has 0 radical (unpaired) electrons. The van der Waals surface area contributed by atoms with E-state index in [-0.39, 0.29) is 12.8 Å². The molecule has 3 nitrogen and oxygen atoms in total. The normalized spacial score (nSPS) is 13.3. The van der Waals surface area contributed by atoms with E-state index in [0.29, 0.717) is 0 Å². The molecule has 0 amide bonds. The molecule has 1 aromatic carbocycles. The summed E-state index contributed by atoms with van der Waals surface area (Å²) in [4.78, 5) is 11.0. The molecule has 0 saturated heterocycles. The molecule has 1 aromatic rings. The molecule has 0 bridgehead atoms. The molecule has 0 heterocycles. The Balaban J connectivity index is 2.53. The summed E-state index contributed by atoms with van der Waals surface area (Å²) in [7, 11) is 0. The maximum absolute atomic E-state index is 11.8. The van der Waals surface area contributed by atoms with Gasteiger partial charge < -0.3 is 5.11 Å². The zero-order valence-electron chi connectivity index (χ0n) is 9.78. The van der Waals surface area contributed by atoms with Crippen molar-refractivity contribution in [1.82, 2.24) is 0 Å². The van der Waals surface area contributed by atoms with Crippen LogP contribution in [-0.4, -0.2) is 24.0 Å². The standard InChI is InChI=1S/C12H12BrF3O3/c13-10-3-1-8(2-4-10)7-9(11(17)18)5-6-19-12(14,15)16/h1-4,9H,5-7H2,(H,17,18). The Labute approximate surface area is 116 Å². The predicted molar refractivity (Wildman–Crippen MR) is 65.6 cm³/mol. The second kappa shape index (κ2) is 6.91. The summed E-state index contributed by atoms with van der Waals surface area (Å²) in [6.07, 6.45) is -4.74. The van der Waals surface area contributed by atoms with Gasteiger partial charge >= 0.3 is 12.3 Å². The second-order valence-corrected chi connectivity index (χ2v) is 4.86. The maximum atomic E-state index is 11.8. The predicted octanol–water partition coefficient (Wildman–Crippen LogP) is 3.62. The van der Waals surface area contributed by atoms with Crippen molar-refractivity contribution in [3.63, 3.8) is 0 Å². The molecular weight excluding hydrogens is 329 g/mol. The molecule has 0 fully saturated rings. The van der Waals surface area contributed by atoms with Crippen LogP contribution < -0.4 is 0 Å². The van der Waals surface area contributed by atoms with Crippen LogP contribution in [0.25, 0.3) is 0 Å². The summed E-state index contributed by atoms with van der Waals surface area (Å²) >= 11 is 3.24. The third kappa shape index (κ3) is 6.58. The first-order chi connectivity index (χ1) is 8.78. The summed E-state index contributed by atoms with van der Waals surface area (Å²) < 4.78 is 39.9. The number of carboxylic acids is 1. The van der Waals surface area contributed by atoms with Gasteiger partial charge in [-0.1, -0.05) is 28.1 Å². The van der Waals surface area contributed by atoms with Crippen molar-refractivity contribution in [3.8, 4) is 0 Å². The van der Waals surface area contributed by atoms with E-state index in [9.17, 15) is 18.0 Å². The average Bonchev–Trinajstić information content (AvgIpc) is 2.28. The van der Waals surface area contributed by atoms with Gasteiger partial charge in [0, 0.05) is 4.47 Å². The number of halogens is 4.